The predicted octanol–water partition coefficient (Wildman–Crippen LogP) is -0.152. The zero-order valence-electron chi connectivity index (χ0n) is 6.39. The molecule has 0 spiro atoms. The Kier molecular flexibility index (Phi) is 6.30. The van der Waals surface area contributed by atoms with Gasteiger partial charge in [-0.05, 0) is 0 Å². The molecule has 0 bridgehead atoms. The zero-order valence-corrected chi connectivity index (χ0v) is 6.39. The molecule has 0 saturated heterocycles. The van der Waals surface area contributed by atoms with Gasteiger partial charge in [-0.2, -0.15) is 0 Å². The van der Waals surface area contributed by atoms with Crippen molar-refractivity contribution in [3.63, 3.8) is 0 Å². The van der Waals surface area contributed by atoms with Gasteiger partial charge in [-0.3, -0.25) is 0 Å². The van der Waals surface area contributed by atoms with E-state index in [1.807, 2.05) is 0 Å². The predicted molar refractivity (Wildman–Crippen MR) is 36.8 cm³/mol. The number of nitrogens with one attached hydrogen (secondary N) is 1. The van der Waals surface area contributed by atoms with Crippen LogP contribution in [0.5, 0.6) is 0 Å². The third-order valence-corrected chi connectivity index (χ3v) is 1.04. The summed E-state index contributed by atoms with van der Waals surface area (Å²) < 4.78 is 27.6. The maximum Gasteiger partial charge on any atom is 0.250 e. The van der Waals surface area contributed by atoms with Gasteiger partial charge < -0.3 is 15.2 Å². The molecule has 0 radical (unpaired) electrons. The van der Waals surface area contributed by atoms with Gasteiger partial charge >= 0.3 is 0 Å². The smallest absolute Gasteiger partial charge is 0.250 e. The number of ether oxygens (including phenoxy) is 1. The van der Waals surface area contributed by atoms with E-state index in [0.29, 0.717) is 0 Å². The summed E-state index contributed by atoms with van der Waals surface area (Å²) in [5.41, 5.74) is 0. The van der Waals surface area contributed by atoms with Crippen molar-refractivity contribution in [2.75, 3.05) is 26.8 Å². The van der Waals surface area contributed by atoms with E-state index < -0.39 is 12.5 Å². The van der Waals surface area contributed by atoms with Crippen molar-refractivity contribution in [3.8, 4) is 0 Å². The molecule has 3 nitrogen and oxygen atoms in total. The van der Waals surface area contributed by atoms with Crippen LogP contribution in [0.15, 0.2) is 0 Å². The van der Waals surface area contributed by atoms with Crippen LogP contribution >= 0.6 is 0 Å². The van der Waals surface area contributed by atoms with Crippen molar-refractivity contribution in [3.05, 3.63) is 0 Å². The summed E-state index contributed by atoms with van der Waals surface area (Å²) in [4.78, 5) is 0. The fourth-order valence-electron chi connectivity index (χ4n) is 0.610. The van der Waals surface area contributed by atoms with Gasteiger partial charge in [0.25, 0.3) is 6.43 Å². The lowest BCUT2D eigenvalue weighted by molar-refractivity contribution is 0.0600. The number of hydrogen-bond acceptors (Lipinski definition) is 3. The molecule has 0 heterocycles. The first-order chi connectivity index (χ1) is 5.16. The standard InChI is InChI=1S/C6H13F2NO2/c1-11-4-5(10)2-9-3-6(7)8/h5-6,9-10H,2-4H2,1H3. The Hall–Kier alpha value is -0.260. The average Bonchev–Trinajstić information content (AvgIpc) is 1.87. The molecule has 0 fully saturated rings. The van der Waals surface area contributed by atoms with Crippen LogP contribution in [0.4, 0.5) is 8.78 Å². The fourth-order valence-corrected chi connectivity index (χ4v) is 0.610. The average molecular weight is 169 g/mol. The maximum absolute atomic E-state index is 11.5. The van der Waals surface area contributed by atoms with E-state index in [1.54, 1.807) is 0 Å². The van der Waals surface area contributed by atoms with Crippen molar-refractivity contribution in [2.24, 2.45) is 0 Å². The van der Waals surface area contributed by atoms with Gasteiger partial charge in [-0.15, -0.1) is 0 Å². The first-order valence-electron chi connectivity index (χ1n) is 3.32. The van der Waals surface area contributed by atoms with Gasteiger partial charge in [0.05, 0.1) is 19.3 Å². The van der Waals surface area contributed by atoms with Gasteiger partial charge in [-0.1, -0.05) is 0 Å². The Labute approximate surface area is 64.4 Å². The van der Waals surface area contributed by atoms with Crippen LogP contribution in [-0.4, -0.2) is 44.4 Å². The molecule has 0 aromatic rings. The van der Waals surface area contributed by atoms with Crippen molar-refractivity contribution in [1.29, 1.82) is 0 Å². The van der Waals surface area contributed by atoms with E-state index in [0.717, 1.165) is 0 Å². The lowest BCUT2D eigenvalue weighted by Gasteiger charge is -2.09. The number of aliphatic hydroxyl groups excluding tert-OH is 1. The summed E-state index contributed by atoms with van der Waals surface area (Å²) in [6.07, 6.45) is -3.08. The normalized spacial score (nSPS) is 13.9. The lowest BCUT2D eigenvalue weighted by Crippen LogP contribution is -2.32. The van der Waals surface area contributed by atoms with Crippen LogP contribution in [0, 0.1) is 0 Å². The molecular weight excluding hydrogens is 156 g/mol. The topological polar surface area (TPSA) is 41.5 Å². The highest BCUT2D eigenvalue weighted by atomic mass is 19.3. The molecule has 1 atom stereocenters. The van der Waals surface area contributed by atoms with Gasteiger partial charge in [0.15, 0.2) is 0 Å². The molecule has 0 aliphatic heterocycles. The minimum absolute atomic E-state index is 0.137. The first-order valence-corrected chi connectivity index (χ1v) is 3.32. The SMILES string of the molecule is COCC(O)CNCC(F)F. The van der Waals surface area contributed by atoms with Gasteiger partial charge in [0, 0.05) is 13.7 Å². The third kappa shape index (κ3) is 7.64. The van der Waals surface area contributed by atoms with Crippen LogP contribution in [0.1, 0.15) is 0 Å². The Balaban J connectivity index is 3.10. The molecule has 0 saturated carbocycles. The summed E-state index contributed by atoms with van der Waals surface area (Å²) in [5, 5.41) is 11.3. The summed E-state index contributed by atoms with van der Waals surface area (Å²) in [7, 11) is 1.44. The molecule has 5 heteroatoms. The molecule has 1 unspecified atom stereocenters. The van der Waals surface area contributed by atoms with E-state index in [-0.39, 0.29) is 19.7 Å². The molecule has 0 aromatic heterocycles. The van der Waals surface area contributed by atoms with E-state index in [2.05, 4.69) is 10.1 Å². The number of aliphatic hydroxyl groups is 1. The Morgan fingerprint density at radius 3 is 2.55 bits per heavy atom. The van der Waals surface area contributed by atoms with Crippen molar-refractivity contribution >= 4 is 0 Å². The molecule has 0 aliphatic rings. The Bertz CT molecular complexity index is 92.7. The van der Waals surface area contributed by atoms with Crippen molar-refractivity contribution < 1.29 is 18.6 Å². The third-order valence-electron chi connectivity index (χ3n) is 1.04. The van der Waals surface area contributed by atoms with Gasteiger partial charge in [-0.25, -0.2) is 8.78 Å². The molecule has 0 amide bonds. The van der Waals surface area contributed by atoms with Crippen molar-refractivity contribution in [2.45, 2.75) is 12.5 Å². The number of rotatable bonds is 6. The highest BCUT2D eigenvalue weighted by Gasteiger charge is 2.05. The molecule has 68 valence electrons. The van der Waals surface area contributed by atoms with Crippen LogP contribution in [0.2, 0.25) is 0 Å². The number of alkyl halides is 2. The van der Waals surface area contributed by atoms with Gasteiger partial charge in [0.1, 0.15) is 0 Å². The molecular formula is C6H13F2NO2. The largest absolute Gasteiger partial charge is 0.389 e. The van der Waals surface area contributed by atoms with Crippen LogP contribution in [0.25, 0.3) is 0 Å². The molecule has 0 aromatic carbocycles. The monoisotopic (exact) mass is 169 g/mol. The zero-order chi connectivity index (χ0) is 8.69. The quantitative estimate of drug-likeness (QED) is 0.581. The Morgan fingerprint density at radius 1 is 1.45 bits per heavy atom. The second-order valence-electron chi connectivity index (χ2n) is 2.16. The minimum atomic E-state index is -2.37. The maximum atomic E-state index is 11.5. The van der Waals surface area contributed by atoms with E-state index >= 15 is 0 Å². The summed E-state index contributed by atoms with van der Waals surface area (Å²) in [5.74, 6) is 0. The van der Waals surface area contributed by atoms with Crippen LogP contribution in [-0.2, 0) is 4.74 Å². The van der Waals surface area contributed by atoms with Gasteiger partial charge in [0.2, 0.25) is 0 Å². The highest BCUT2D eigenvalue weighted by Crippen LogP contribution is 1.88. The van der Waals surface area contributed by atoms with Crippen LogP contribution in [0.3, 0.4) is 0 Å². The highest BCUT2D eigenvalue weighted by molar-refractivity contribution is 4.58. The van der Waals surface area contributed by atoms with Crippen molar-refractivity contribution in [1.82, 2.24) is 5.32 Å². The van der Waals surface area contributed by atoms with E-state index in [4.69, 9.17) is 5.11 Å². The molecule has 0 rings (SSSR count). The second-order valence-corrected chi connectivity index (χ2v) is 2.16. The number of methoxy groups -OCH3 is 1. The van der Waals surface area contributed by atoms with E-state index in [9.17, 15) is 8.78 Å². The Morgan fingerprint density at radius 2 is 2.09 bits per heavy atom. The van der Waals surface area contributed by atoms with Crippen LogP contribution < -0.4 is 5.32 Å². The number of hydrogen-bond donors (Lipinski definition) is 2. The van der Waals surface area contributed by atoms with E-state index in [1.165, 1.54) is 7.11 Å². The summed E-state index contributed by atoms with van der Waals surface area (Å²) in [6.45, 7) is -0.0881. The second kappa shape index (κ2) is 6.45. The lowest BCUT2D eigenvalue weighted by atomic mass is 10.4. The molecule has 2 N–H and O–H groups in total. The molecule has 11 heavy (non-hydrogen) atoms. The summed E-state index contributed by atoms with van der Waals surface area (Å²) in [6, 6.07) is 0. The molecule has 0 aliphatic carbocycles. The fraction of sp³-hybridized carbons (Fsp3) is 1.00. The minimum Gasteiger partial charge on any atom is -0.389 e. The summed E-state index contributed by atoms with van der Waals surface area (Å²) >= 11 is 0. The first kappa shape index (κ1) is 10.7. The number of halogens is 2.